The molecule has 0 aliphatic carbocycles. The summed E-state index contributed by atoms with van der Waals surface area (Å²) in [5.41, 5.74) is 3.29. The van der Waals surface area contributed by atoms with E-state index in [1.807, 2.05) is 31.3 Å². The third-order valence-corrected chi connectivity index (χ3v) is 4.43. The Kier molecular flexibility index (Phi) is 4.75. The van der Waals surface area contributed by atoms with Crippen LogP contribution in [0.2, 0.25) is 0 Å². The molecule has 0 unspecified atom stereocenters. The second-order valence-electron chi connectivity index (χ2n) is 6.10. The summed E-state index contributed by atoms with van der Waals surface area (Å²) in [4.78, 5) is 24.2. The number of rotatable bonds is 5. The van der Waals surface area contributed by atoms with Crippen LogP contribution in [0.15, 0.2) is 24.4 Å². The van der Waals surface area contributed by atoms with Crippen molar-refractivity contribution in [3.8, 4) is 0 Å². The molecule has 0 aliphatic heterocycles. The average molecular weight is 355 g/mol. The minimum Gasteiger partial charge on any atom is -0.464 e. The van der Waals surface area contributed by atoms with E-state index in [0.29, 0.717) is 17.9 Å². The zero-order valence-electron chi connectivity index (χ0n) is 15.2. The molecule has 3 aromatic rings. The lowest BCUT2D eigenvalue weighted by molar-refractivity contribution is -0.116. The second-order valence-corrected chi connectivity index (χ2v) is 6.10. The maximum atomic E-state index is 12.4. The van der Waals surface area contributed by atoms with Crippen molar-refractivity contribution in [2.24, 2.45) is 7.05 Å². The number of methoxy groups -OCH3 is 1. The van der Waals surface area contributed by atoms with Crippen molar-refractivity contribution in [3.05, 3.63) is 41.3 Å². The predicted molar refractivity (Wildman–Crippen MR) is 97.0 cm³/mol. The Balaban J connectivity index is 1.74. The van der Waals surface area contributed by atoms with Crippen molar-refractivity contribution >= 4 is 28.5 Å². The van der Waals surface area contributed by atoms with E-state index >= 15 is 0 Å². The molecular formula is C18H21N5O3. The molecule has 3 rings (SSSR count). The number of hydrogen-bond acceptors (Lipinski definition) is 5. The minimum absolute atomic E-state index is 0.0982. The zero-order chi connectivity index (χ0) is 18.8. The number of anilines is 1. The Morgan fingerprint density at radius 2 is 2.04 bits per heavy atom. The largest absolute Gasteiger partial charge is 0.464 e. The summed E-state index contributed by atoms with van der Waals surface area (Å²) in [6, 6.07) is 5.98. The third-order valence-electron chi connectivity index (χ3n) is 4.43. The molecule has 1 N–H and O–H groups in total. The molecule has 0 saturated carbocycles. The van der Waals surface area contributed by atoms with Gasteiger partial charge in [0.05, 0.1) is 36.7 Å². The van der Waals surface area contributed by atoms with Gasteiger partial charge in [0, 0.05) is 18.9 Å². The number of aryl methyl sites for hydroxylation is 3. The first-order chi connectivity index (χ1) is 12.4. The lowest BCUT2D eigenvalue weighted by atomic mass is 10.1. The number of aromatic nitrogens is 4. The third kappa shape index (κ3) is 3.17. The number of esters is 1. The minimum atomic E-state index is -0.586. The van der Waals surface area contributed by atoms with Gasteiger partial charge in [-0.25, -0.2) is 4.79 Å². The lowest BCUT2D eigenvalue weighted by Crippen LogP contribution is -2.17. The van der Waals surface area contributed by atoms with Gasteiger partial charge < -0.3 is 10.1 Å². The van der Waals surface area contributed by atoms with Gasteiger partial charge in [-0.15, -0.1) is 0 Å². The van der Waals surface area contributed by atoms with Gasteiger partial charge in [0.2, 0.25) is 5.91 Å². The predicted octanol–water partition coefficient (Wildman–Crippen LogP) is 2.20. The Hall–Kier alpha value is -3.16. The first-order valence-electron chi connectivity index (χ1n) is 8.25. The van der Waals surface area contributed by atoms with Gasteiger partial charge in [0.25, 0.3) is 0 Å². The first-order valence-corrected chi connectivity index (χ1v) is 8.25. The van der Waals surface area contributed by atoms with Crippen LogP contribution >= 0.6 is 0 Å². The molecule has 0 spiro atoms. The Morgan fingerprint density at radius 1 is 1.27 bits per heavy atom. The van der Waals surface area contributed by atoms with Crippen molar-refractivity contribution in [1.82, 2.24) is 19.6 Å². The topological polar surface area (TPSA) is 91.0 Å². The molecule has 0 atom stereocenters. The quantitative estimate of drug-likeness (QED) is 0.709. The molecule has 0 saturated heterocycles. The lowest BCUT2D eigenvalue weighted by Gasteiger charge is -2.07. The molecule has 0 radical (unpaired) electrons. The smallest absolute Gasteiger partial charge is 0.360 e. The number of benzene rings is 1. The normalized spacial score (nSPS) is 10.9. The summed E-state index contributed by atoms with van der Waals surface area (Å²) in [6.07, 6.45) is 2.03. The summed E-state index contributed by atoms with van der Waals surface area (Å²) >= 11 is 0. The summed E-state index contributed by atoms with van der Waals surface area (Å²) in [5.74, 6) is -0.805. The molecule has 8 nitrogen and oxygen atoms in total. The van der Waals surface area contributed by atoms with E-state index in [-0.39, 0.29) is 18.0 Å². The Morgan fingerprint density at radius 3 is 2.77 bits per heavy atom. The van der Waals surface area contributed by atoms with E-state index in [1.165, 1.54) is 11.8 Å². The van der Waals surface area contributed by atoms with Gasteiger partial charge in [-0.1, -0.05) is 12.1 Å². The van der Waals surface area contributed by atoms with E-state index in [4.69, 9.17) is 4.74 Å². The van der Waals surface area contributed by atoms with Crippen LogP contribution in [-0.2, 0) is 23.1 Å². The fraction of sp³-hybridized carbons (Fsp3) is 0.333. The molecule has 1 aromatic carbocycles. The van der Waals surface area contributed by atoms with Crippen molar-refractivity contribution in [3.63, 3.8) is 0 Å². The van der Waals surface area contributed by atoms with E-state index < -0.39 is 5.97 Å². The number of carbonyl (C=O) groups is 2. The Bertz CT molecular complexity index is 986. The van der Waals surface area contributed by atoms with Crippen LogP contribution in [0, 0.1) is 13.8 Å². The van der Waals surface area contributed by atoms with Crippen molar-refractivity contribution < 1.29 is 14.3 Å². The number of nitrogens with one attached hydrogen (secondary N) is 1. The fourth-order valence-corrected chi connectivity index (χ4v) is 2.83. The van der Waals surface area contributed by atoms with Crippen molar-refractivity contribution in [2.75, 3.05) is 12.4 Å². The van der Waals surface area contributed by atoms with Crippen LogP contribution < -0.4 is 5.32 Å². The Labute approximate surface area is 150 Å². The molecular weight excluding hydrogens is 334 g/mol. The van der Waals surface area contributed by atoms with Gasteiger partial charge in [-0.3, -0.25) is 14.2 Å². The summed E-state index contributed by atoms with van der Waals surface area (Å²) in [5, 5.41) is 12.3. The summed E-state index contributed by atoms with van der Waals surface area (Å²) < 4.78 is 8.06. The van der Waals surface area contributed by atoms with Gasteiger partial charge in [0.1, 0.15) is 0 Å². The van der Waals surface area contributed by atoms with Crippen LogP contribution in [0.1, 0.15) is 28.2 Å². The van der Waals surface area contributed by atoms with E-state index in [2.05, 4.69) is 15.5 Å². The van der Waals surface area contributed by atoms with Crippen LogP contribution in [0.25, 0.3) is 10.9 Å². The molecule has 26 heavy (non-hydrogen) atoms. The molecule has 1 amide bonds. The number of carbonyl (C=O) groups excluding carboxylic acids is 2. The molecule has 0 fully saturated rings. The summed E-state index contributed by atoms with van der Waals surface area (Å²) in [6.45, 7) is 4.24. The van der Waals surface area contributed by atoms with Gasteiger partial charge in [-0.2, -0.15) is 10.2 Å². The highest BCUT2D eigenvalue weighted by Gasteiger charge is 2.22. The van der Waals surface area contributed by atoms with Crippen LogP contribution in [0.5, 0.6) is 0 Å². The number of nitrogens with zero attached hydrogens (tertiary/aromatic N) is 4. The van der Waals surface area contributed by atoms with Crippen LogP contribution in [0.4, 0.5) is 5.69 Å². The number of hydrogen-bond donors (Lipinski definition) is 1. The SMILES string of the molecule is COC(=O)c1nn(C)c(C)c1NC(=O)CCn1ncc2c(C)cccc21. The molecule has 2 aromatic heterocycles. The van der Waals surface area contributed by atoms with E-state index in [1.54, 1.807) is 18.7 Å². The molecule has 0 bridgehead atoms. The molecule has 136 valence electrons. The van der Waals surface area contributed by atoms with Crippen LogP contribution in [0.3, 0.4) is 0 Å². The fourth-order valence-electron chi connectivity index (χ4n) is 2.83. The zero-order valence-corrected chi connectivity index (χ0v) is 15.2. The highest BCUT2D eigenvalue weighted by Crippen LogP contribution is 2.21. The standard InChI is InChI=1S/C18H21N5O3/c1-11-6-5-7-14-13(11)10-19-23(14)9-8-15(24)20-16-12(2)22(3)21-17(16)18(25)26-4/h5-7,10H,8-9H2,1-4H3,(H,20,24). The van der Waals surface area contributed by atoms with Crippen molar-refractivity contribution in [2.45, 2.75) is 26.8 Å². The van der Waals surface area contributed by atoms with Gasteiger partial charge >= 0.3 is 5.97 Å². The van der Waals surface area contributed by atoms with E-state index in [0.717, 1.165) is 16.5 Å². The molecule has 8 heteroatoms. The number of fused-ring (bicyclic) bond motifs is 1. The molecule has 0 aliphatic rings. The van der Waals surface area contributed by atoms with E-state index in [9.17, 15) is 9.59 Å². The maximum absolute atomic E-state index is 12.4. The number of ether oxygens (including phenoxy) is 1. The first kappa shape index (κ1) is 17.7. The summed E-state index contributed by atoms with van der Waals surface area (Å²) in [7, 11) is 2.98. The van der Waals surface area contributed by atoms with Gasteiger partial charge in [-0.05, 0) is 25.5 Å². The highest BCUT2D eigenvalue weighted by atomic mass is 16.5. The van der Waals surface area contributed by atoms with Crippen molar-refractivity contribution in [1.29, 1.82) is 0 Å². The average Bonchev–Trinajstić information content (AvgIpc) is 3.16. The maximum Gasteiger partial charge on any atom is 0.360 e. The number of amides is 1. The highest BCUT2D eigenvalue weighted by molar-refractivity contribution is 6.00. The second kappa shape index (κ2) is 6.99. The van der Waals surface area contributed by atoms with Crippen LogP contribution in [-0.4, -0.2) is 38.5 Å². The molecule has 2 heterocycles. The van der Waals surface area contributed by atoms with Gasteiger partial charge in [0.15, 0.2) is 5.69 Å². The monoisotopic (exact) mass is 355 g/mol.